The molecule has 1 heterocycles. The molecule has 0 bridgehead atoms. The molecule has 0 radical (unpaired) electrons. The first-order chi connectivity index (χ1) is 11.8. The van der Waals surface area contributed by atoms with Gasteiger partial charge < -0.3 is 12.4 Å². The van der Waals surface area contributed by atoms with Gasteiger partial charge in [-0.15, -0.1) is 0 Å². The van der Waals surface area contributed by atoms with E-state index in [1.807, 2.05) is 43.4 Å². The fourth-order valence-electron chi connectivity index (χ4n) is 2.33. The summed E-state index contributed by atoms with van der Waals surface area (Å²) in [7, 11) is -1.29. The maximum absolute atomic E-state index is 11.3. The summed E-state index contributed by atoms with van der Waals surface area (Å²) in [6, 6.07) is 14.8. The Bertz CT molecular complexity index is 986. The maximum atomic E-state index is 11.3. The van der Waals surface area contributed by atoms with Crippen LogP contribution in [0.3, 0.4) is 0 Å². The predicted molar refractivity (Wildman–Crippen MR) is 104 cm³/mol. The van der Waals surface area contributed by atoms with Gasteiger partial charge >= 0.3 is 5.13 Å². The van der Waals surface area contributed by atoms with Crippen molar-refractivity contribution in [3.8, 4) is 11.3 Å². The van der Waals surface area contributed by atoms with Crippen LogP contribution in [0.4, 0.5) is 16.5 Å². The smallest absolute Gasteiger partial charge is 0.339 e. The van der Waals surface area contributed by atoms with Crippen LogP contribution in [0.15, 0.2) is 53.9 Å². The third kappa shape index (κ3) is 5.11. The summed E-state index contributed by atoms with van der Waals surface area (Å²) in [5.74, 6) is 0. The molecule has 0 aliphatic carbocycles. The molecule has 9 heteroatoms. The number of hydrogen-bond acceptors (Lipinski definition) is 4. The number of nitrogens with one attached hydrogen (secondary N) is 2. The number of nitrogens with zero attached hydrogens (tertiary/aromatic N) is 1. The van der Waals surface area contributed by atoms with Gasteiger partial charge in [0.25, 0.3) is 0 Å². The van der Waals surface area contributed by atoms with Gasteiger partial charge in [0, 0.05) is 21.7 Å². The predicted octanol–water partition coefficient (Wildman–Crippen LogP) is 1.01. The summed E-state index contributed by atoms with van der Waals surface area (Å²) >= 11 is 7.50. The second kappa shape index (κ2) is 8.26. The van der Waals surface area contributed by atoms with Gasteiger partial charge in [0.2, 0.25) is 10.0 Å². The molecule has 2 aromatic carbocycles. The van der Waals surface area contributed by atoms with Crippen LogP contribution >= 0.6 is 22.9 Å². The van der Waals surface area contributed by atoms with Crippen molar-refractivity contribution in [2.75, 3.05) is 16.3 Å². The summed E-state index contributed by atoms with van der Waals surface area (Å²) in [4.78, 5) is 0. The third-order valence-electron chi connectivity index (χ3n) is 3.53. The lowest BCUT2D eigenvalue weighted by molar-refractivity contribution is -0.641. The molecule has 1 aromatic heterocycles. The summed E-state index contributed by atoms with van der Waals surface area (Å²) < 4.78 is 27.1. The molecular weight excluding hydrogens is 413 g/mol. The highest BCUT2D eigenvalue weighted by atomic mass is 35.5. The van der Waals surface area contributed by atoms with E-state index < -0.39 is 10.0 Å². The van der Waals surface area contributed by atoms with Crippen LogP contribution < -0.4 is 27.0 Å². The maximum Gasteiger partial charge on any atom is 0.339 e. The van der Waals surface area contributed by atoms with Gasteiger partial charge in [-0.25, -0.2) is 18.3 Å². The molecular formula is C17H17Cl2N3O2S2. The zero-order valence-corrected chi connectivity index (χ0v) is 17.2. The lowest BCUT2D eigenvalue weighted by atomic mass is 10.1. The lowest BCUT2D eigenvalue weighted by Crippen LogP contribution is -3.00. The third-order valence-corrected chi connectivity index (χ3v) is 5.33. The highest BCUT2D eigenvalue weighted by Gasteiger charge is 2.16. The van der Waals surface area contributed by atoms with Crippen molar-refractivity contribution in [1.82, 2.24) is 0 Å². The van der Waals surface area contributed by atoms with E-state index in [2.05, 4.69) is 20.0 Å². The van der Waals surface area contributed by atoms with E-state index in [1.54, 1.807) is 23.5 Å². The lowest BCUT2D eigenvalue weighted by Gasteiger charge is -2.05. The van der Waals surface area contributed by atoms with Gasteiger partial charge in [-0.1, -0.05) is 22.9 Å². The van der Waals surface area contributed by atoms with Crippen LogP contribution in [-0.2, 0) is 17.1 Å². The monoisotopic (exact) mass is 429 g/mol. The van der Waals surface area contributed by atoms with Crippen LogP contribution in [0, 0.1) is 0 Å². The molecule has 0 saturated heterocycles. The summed E-state index contributed by atoms with van der Waals surface area (Å²) in [5, 5.41) is 7.10. The molecule has 138 valence electrons. The van der Waals surface area contributed by atoms with E-state index in [9.17, 15) is 8.42 Å². The van der Waals surface area contributed by atoms with Gasteiger partial charge in [0.1, 0.15) is 11.4 Å². The van der Waals surface area contributed by atoms with Gasteiger partial charge in [0.15, 0.2) is 0 Å². The zero-order chi connectivity index (χ0) is 18.0. The van der Waals surface area contributed by atoms with Crippen molar-refractivity contribution in [3.63, 3.8) is 0 Å². The van der Waals surface area contributed by atoms with Gasteiger partial charge in [-0.3, -0.25) is 4.72 Å². The second-order valence-electron chi connectivity index (χ2n) is 5.57. The minimum atomic E-state index is -3.27. The average Bonchev–Trinajstić information content (AvgIpc) is 2.90. The Labute approximate surface area is 168 Å². The molecule has 2 N–H and O–H groups in total. The Hall–Kier alpha value is -1.80. The summed E-state index contributed by atoms with van der Waals surface area (Å²) in [6.45, 7) is 0. The first kappa shape index (κ1) is 20.5. The summed E-state index contributed by atoms with van der Waals surface area (Å²) in [5.41, 5.74) is 3.54. The SMILES string of the molecule is C[n+]1c(-c2ccc(NS(C)(=O)=O)cc2)csc1Nc1ccc(Cl)cc1.[Cl-]. The van der Waals surface area contributed by atoms with Gasteiger partial charge in [-0.2, -0.15) is 0 Å². The van der Waals surface area contributed by atoms with Crippen LogP contribution in [0.25, 0.3) is 11.3 Å². The summed E-state index contributed by atoms with van der Waals surface area (Å²) in [6.07, 6.45) is 1.13. The van der Waals surface area contributed by atoms with Crippen molar-refractivity contribution < 1.29 is 25.4 Å². The first-order valence-corrected chi connectivity index (χ1v) is 10.5. The van der Waals surface area contributed by atoms with Crippen molar-refractivity contribution in [1.29, 1.82) is 0 Å². The van der Waals surface area contributed by atoms with Crippen LogP contribution in [-0.4, -0.2) is 14.7 Å². The molecule has 0 unspecified atom stereocenters. The standard InChI is InChI=1S/C17H16ClN3O2S2.ClH/c1-21-16(12-3-7-15(8-4-12)20-25(2,22)23)11-24-17(21)19-14-9-5-13(18)6-10-14;/h3-11,20H,1-2H3;1H. The van der Waals surface area contributed by atoms with E-state index in [4.69, 9.17) is 11.6 Å². The molecule has 3 rings (SSSR count). The van der Waals surface area contributed by atoms with Crippen molar-refractivity contribution in [3.05, 3.63) is 58.9 Å². The Morgan fingerprint density at radius 2 is 1.58 bits per heavy atom. The quantitative estimate of drug-likeness (QED) is 0.595. The van der Waals surface area contributed by atoms with Gasteiger partial charge in [-0.05, 0) is 48.5 Å². The normalized spacial score (nSPS) is 10.9. The number of hydrogen-bond donors (Lipinski definition) is 2. The average molecular weight is 430 g/mol. The molecule has 26 heavy (non-hydrogen) atoms. The van der Waals surface area contributed by atoms with Crippen molar-refractivity contribution >= 4 is 49.5 Å². The molecule has 0 amide bonds. The van der Waals surface area contributed by atoms with E-state index in [0.29, 0.717) is 10.7 Å². The number of rotatable bonds is 5. The zero-order valence-electron chi connectivity index (χ0n) is 14.0. The van der Waals surface area contributed by atoms with Crippen molar-refractivity contribution in [2.45, 2.75) is 0 Å². The van der Waals surface area contributed by atoms with Crippen LogP contribution in [0.1, 0.15) is 0 Å². The Kier molecular flexibility index (Phi) is 6.52. The van der Waals surface area contributed by atoms with Crippen molar-refractivity contribution in [2.24, 2.45) is 7.05 Å². The largest absolute Gasteiger partial charge is 1.00 e. The van der Waals surface area contributed by atoms with E-state index in [1.165, 1.54) is 0 Å². The van der Waals surface area contributed by atoms with Crippen LogP contribution in [0.2, 0.25) is 5.02 Å². The molecule has 0 saturated carbocycles. The number of sulfonamides is 1. The minimum Gasteiger partial charge on any atom is -1.00 e. The minimum absolute atomic E-state index is 0. The molecule has 5 nitrogen and oxygen atoms in total. The molecule has 0 spiro atoms. The Morgan fingerprint density at radius 3 is 2.15 bits per heavy atom. The second-order valence-corrected chi connectivity index (χ2v) is 8.61. The Morgan fingerprint density at radius 1 is 1.00 bits per heavy atom. The van der Waals surface area contributed by atoms with E-state index in [0.717, 1.165) is 28.3 Å². The topological polar surface area (TPSA) is 62.1 Å². The highest BCUT2D eigenvalue weighted by molar-refractivity contribution is 7.92. The molecule has 3 aromatic rings. The van der Waals surface area contributed by atoms with E-state index in [-0.39, 0.29) is 12.4 Å². The van der Waals surface area contributed by atoms with Crippen LogP contribution in [0.5, 0.6) is 0 Å². The number of aromatic nitrogens is 1. The van der Waals surface area contributed by atoms with E-state index >= 15 is 0 Å². The fraction of sp³-hybridized carbons (Fsp3) is 0.118. The van der Waals surface area contributed by atoms with Gasteiger partial charge in [0.05, 0.1) is 13.3 Å². The first-order valence-electron chi connectivity index (χ1n) is 7.40. The number of benzene rings is 2. The molecule has 0 aliphatic rings. The number of thiazole rings is 1. The highest BCUT2D eigenvalue weighted by Crippen LogP contribution is 2.26. The Balaban J connectivity index is 0.00000243. The number of anilines is 3. The fourth-order valence-corrected chi connectivity index (χ4v) is 3.97. The molecule has 0 aliphatic heterocycles. The molecule has 0 fully saturated rings. The number of halogens is 2. The molecule has 0 atom stereocenters.